The molecule has 1 aliphatic carbocycles. The standard InChI is InChI=1S/C14H20BrNS/c1-16-13(9-11-3-2-4-11)10-17-14-7-5-12(15)6-8-14/h5-8,11,13,16H,2-4,9-10H2,1H3. The Morgan fingerprint density at radius 1 is 1.35 bits per heavy atom. The minimum Gasteiger partial charge on any atom is -0.316 e. The summed E-state index contributed by atoms with van der Waals surface area (Å²) in [6, 6.07) is 9.26. The van der Waals surface area contributed by atoms with Crippen molar-refractivity contribution in [2.24, 2.45) is 5.92 Å². The molecule has 1 saturated carbocycles. The molecule has 17 heavy (non-hydrogen) atoms. The van der Waals surface area contributed by atoms with E-state index in [0.29, 0.717) is 6.04 Å². The fourth-order valence-corrected chi connectivity index (χ4v) is 3.42. The fourth-order valence-electron chi connectivity index (χ4n) is 2.13. The largest absolute Gasteiger partial charge is 0.316 e. The molecule has 0 saturated heterocycles. The van der Waals surface area contributed by atoms with Crippen molar-refractivity contribution in [3.05, 3.63) is 28.7 Å². The van der Waals surface area contributed by atoms with Crippen LogP contribution in [0.3, 0.4) is 0 Å². The number of rotatable bonds is 6. The molecule has 0 heterocycles. The van der Waals surface area contributed by atoms with Crippen LogP contribution < -0.4 is 5.32 Å². The minimum atomic E-state index is 0.661. The second-order valence-corrected chi connectivity index (χ2v) is 6.79. The summed E-state index contributed by atoms with van der Waals surface area (Å²) >= 11 is 5.42. The zero-order valence-corrected chi connectivity index (χ0v) is 12.7. The van der Waals surface area contributed by atoms with Crippen molar-refractivity contribution < 1.29 is 0 Å². The SMILES string of the molecule is CNC(CSc1ccc(Br)cc1)CC1CCC1. The molecule has 0 spiro atoms. The number of nitrogens with one attached hydrogen (secondary N) is 1. The molecule has 1 atom stereocenters. The highest BCUT2D eigenvalue weighted by molar-refractivity contribution is 9.10. The Morgan fingerprint density at radius 2 is 2.06 bits per heavy atom. The van der Waals surface area contributed by atoms with Gasteiger partial charge in [0.25, 0.3) is 0 Å². The van der Waals surface area contributed by atoms with Gasteiger partial charge in [0.2, 0.25) is 0 Å². The number of hydrogen-bond donors (Lipinski definition) is 1. The Labute approximate surface area is 117 Å². The first-order valence-corrected chi connectivity index (χ1v) is 8.11. The smallest absolute Gasteiger partial charge is 0.0176 e. The molecule has 1 aromatic carbocycles. The summed E-state index contributed by atoms with van der Waals surface area (Å²) in [6.07, 6.45) is 5.68. The Balaban J connectivity index is 1.76. The van der Waals surface area contributed by atoms with Gasteiger partial charge in [-0.2, -0.15) is 0 Å². The van der Waals surface area contributed by atoms with Crippen LogP contribution in [0, 0.1) is 5.92 Å². The molecule has 2 rings (SSSR count). The summed E-state index contributed by atoms with van der Waals surface area (Å²) in [7, 11) is 2.09. The van der Waals surface area contributed by atoms with Gasteiger partial charge in [-0.25, -0.2) is 0 Å². The molecule has 1 unspecified atom stereocenters. The lowest BCUT2D eigenvalue weighted by atomic mass is 9.81. The summed E-state index contributed by atoms with van der Waals surface area (Å²) in [5.41, 5.74) is 0. The van der Waals surface area contributed by atoms with Crippen molar-refractivity contribution in [3.8, 4) is 0 Å². The Hall–Kier alpha value is 0.01000. The van der Waals surface area contributed by atoms with E-state index in [4.69, 9.17) is 0 Å². The molecular formula is C14H20BrNS. The lowest BCUT2D eigenvalue weighted by Crippen LogP contribution is -2.32. The lowest BCUT2D eigenvalue weighted by Gasteiger charge is -2.29. The van der Waals surface area contributed by atoms with Crippen molar-refractivity contribution >= 4 is 27.7 Å². The van der Waals surface area contributed by atoms with Crippen LogP contribution in [-0.4, -0.2) is 18.8 Å². The quantitative estimate of drug-likeness (QED) is 0.785. The van der Waals surface area contributed by atoms with Crippen molar-refractivity contribution in [2.45, 2.75) is 36.6 Å². The molecular weight excluding hydrogens is 294 g/mol. The molecule has 0 radical (unpaired) electrons. The lowest BCUT2D eigenvalue weighted by molar-refractivity contribution is 0.272. The van der Waals surface area contributed by atoms with Crippen molar-refractivity contribution in [1.29, 1.82) is 0 Å². The highest BCUT2D eigenvalue weighted by Crippen LogP contribution is 2.31. The van der Waals surface area contributed by atoms with E-state index < -0.39 is 0 Å². The van der Waals surface area contributed by atoms with Crippen LogP contribution in [-0.2, 0) is 0 Å². The molecule has 1 aromatic rings. The zero-order valence-electron chi connectivity index (χ0n) is 10.3. The highest BCUT2D eigenvalue weighted by atomic mass is 79.9. The Kier molecular flexibility index (Phi) is 5.39. The normalized spacial score (nSPS) is 17.8. The first-order chi connectivity index (χ1) is 8.28. The topological polar surface area (TPSA) is 12.0 Å². The molecule has 0 aromatic heterocycles. The molecule has 1 fully saturated rings. The molecule has 1 aliphatic rings. The molecule has 0 aliphatic heterocycles. The van der Waals surface area contributed by atoms with E-state index >= 15 is 0 Å². The van der Waals surface area contributed by atoms with Crippen LogP contribution in [0.5, 0.6) is 0 Å². The zero-order chi connectivity index (χ0) is 12.1. The molecule has 1 nitrogen and oxygen atoms in total. The summed E-state index contributed by atoms with van der Waals surface area (Å²) in [5, 5.41) is 3.45. The van der Waals surface area contributed by atoms with Gasteiger partial charge >= 0.3 is 0 Å². The second-order valence-electron chi connectivity index (χ2n) is 4.78. The summed E-state index contributed by atoms with van der Waals surface area (Å²) < 4.78 is 1.15. The van der Waals surface area contributed by atoms with Crippen LogP contribution in [0.4, 0.5) is 0 Å². The van der Waals surface area contributed by atoms with Gasteiger partial charge in [0.1, 0.15) is 0 Å². The van der Waals surface area contributed by atoms with Gasteiger partial charge in [-0.05, 0) is 43.7 Å². The van der Waals surface area contributed by atoms with Gasteiger partial charge in [0.15, 0.2) is 0 Å². The van der Waals surface area contributed by atoms with Gasteiger partial charge in [-0.1, -0.05) is 35.2 Å². The maximum absolute atomic E-state index is 3.47. The Morgan fingerprint density at radius 3 is 2.59 bits per heavy atom. The van der Waals surface area contributed by atoms with E-state index in [1.54, 1.807) is 0 Å². The average molecular weight is 314 g/mol. The van der Waals surface area contributed by atoms with Gasteiger partial charge < -0.3 is 5.32 Å². The van der Waals surface area contributed by atoms with Crippen LogP contribution in [0.2, 0.25) is 0 Å². The molecule has 0 amide bonds. The van der Waals surface area contributed by atoms with Crippen molar-refractivity contribution in [2.75, 3.05) is 12.8 Å². The summed E-state index contributed by atoms with van der Waals surface area (Å²) in [6.45, 7) is 0. The third-order valence-corrected chi connectivity index (χ3v) is 5.22. The van der Waals surface area contributed by atoms with E-state index in [1.807, 2.05) is 11.8 Å². The monoisotopic (exact) mass is 313 g/mol. The van der Waals surface area contributed by atoms with E-state index in [0.717, 1.165) is 10.4 Å². The van der Waals surface area contributed by atoms with Crippen molar-refractivity contribution in [3.63, 3.8) is 0 Å². The molecule has 0 bridgehead atoms. The fraction of sp³-hybridized carbons (Fsp3) is 0.571. The van der Waals surface area contributed by atoms with E-state index in [9.17, 15) is 0 Å². The van der Waals surface area contributed by atoms with Gasteiger partial charge in [0, 0.05) is 21.2 Å². The van der Waals surface area contributed by atoms with E-state index in [1.165, 1.54) is 36.3 Å². The van der Waals surface area contributed by atoms with Crippen molar-refractivity contribution in [1.82, 2.24) is 5.32 Å². The van der Waals surface area contributed by atoms with Crippen LogP contribution >= 0.6 is 27.7 Å². The number of thioether (sulfide) groups is 1. The van der Waals surface area contributed by atoms with Gasteiger partial charge in [0.05, 0.1) is 0 Å². The number of halogens is 1. The van der Waals surface area contributed by atoms with Crippen LogP contribution in [0.1, 0.15) is 25.7 Å². The van der Waals surface area contributed by atoms with Crippen LogP contribution in [0.25, 0.3) is 0 Å². The maximum atomic E-state index is 3.47. The van der Waals surface area contributed by atoms with E-state index in [-0.39, 0.29) is 0 Å². The maximum Gasteiger partial charge on any atom is 0.0176 e. The number of benzene rings is 1. The van der Waals surface area contributed by atoms with Gasteiger partial charge in [-0.15, -0.1) is 11.8 Å². The van der Waals surface area contributed by atoms with E-state index in [2.05, 4.69) is 52.6 Å². The predicted molar refractivity (Wildman–Crippen MR) is 79.7 cm³/mol. The van der Waals surface area contributed by atoms with Gasteiger partial charge in [-0.3, -0.25) is 0 Å². The van der Waals surface area contributed by atoms with Crippen LogP contribution in [0.15, 0.2) is 33.6 Å². The first-order valence-electron chi connectivity index (χ1n) is 6.33. The molecule has 1 N–H and O–H groups in total. The second kappa shape index (κ2) is 6.81. The number of hydrogen-bond acceptors (Lipinski definition) is 2. The summed E-state index contributed by atoms with van der Waals surface area (Å²) in [5.74, 6) is 2.16. The highest BCUT2D eigenvalue weighted by Gasteiger charge is 2.21. The predicted octanol–water partition coefficient (Wildman–Crippen LogP) is 4.32. The molecule has 3 heteroatoms. The first kappa shape index (κ1) is 13.4. The third kappa shape index (κ3) is 4.31. The molecule has 94 valence electrons. The average Bonchev–Trinajstić information content (AvgIpc) is 2.29. The Bertz CT molecular complexity index is 335. The summed E-state index contributed by atoms with van der Waals surface area (Å²) in [4.78, 5) is 1.36. The minimum absolute atomic E-state index is 0.661. The third-order valence-electron chi connectivity index (χ3n) is 3.52.